The molecule has 0 unspecified atom stereocenters. The molecule has 12 heteroatoms. The SMILES string of the molecule is O=C(c1csc(CSc2nnc(-c3ccco3)n2-c2cc(Cl)ccc2Cl)n1)N1CCOCC1. The van der Waals surface area contributed by atoms with Crippen molar-refractivity contribution < 1.29 is 13.9 Å². The maximum atomic E-state index is 12.7. The van der Waals surface area contributed by atoms with Gasteiger partial charge in [0.25, 0.3) is 5.91 Å². The van der Waals surface area contributed by atoms with Gasteiger partial charge in [-0.25, -0.2) is 4.98 Å². The molecule has 1 aliphatic rings. The number of halogens is 2. The van der Waals surface area contributed by atoms with E-state index in [2.05, 4.69) is 15.2 Å². The van der Waals surface area contributed by atoms with Crippen LogP contribution < -0.4 is 0 Å². The van der Waals surface area contributed by atoms with Crippen molar-refractivity contribution in [1.29, 1.82) is 0 Å². The molecule has 0 N–H and O–H groups in total. The average molecular weight is 522 g/mol. The van der Waals surface area contributed by atoms with Gasteiger partial charge in [-0.2, -0.15) is 0 Å². The Hall–Kier alpha value is -2.37. The fourth-order valence-electron chi connectivity index (χ4n) is 3.33. The van der Waals surface area contributed by atoms with E-state index in [4.69, 9.17) is 32.4 Å². The van der Waals surface area contributed by atoms with Gasteiger partial charge in [-0.05, 0) is 30.3 Å². The van der Waals surface area contributed by atoms with Crippen LogP contribution in [-0.4, -0.2) is 56.9 Å². The normalized spacial score (nSPS) is 14.1. The number of hydrogen-bond acceptors (Lipinski definition) is 8. The highest BCUT2D eigenvalue weighted by Gasteiger charge is 2.23. The third-order valence-electron chi connectivity index (χ3n) is 4.92. The summed E-state index contributed by atoms with van der Waals surface area (Å²) in [7, 11) is 0. The van der Waals surface area contributed by atoms with Gasteiger partial charge in [0.2, 0.25) is 5.82 Å². The molecule has 4 aromatic rings. The largest absolute Gasteiger partial charge is 0.461 e. The summed E-state index contributed by atoms with van der Waals surface area (Å²) in [5, 5.41) is 12.9. The zero-order valence-corrected chi connectivity index (χ0v) is 20.3. The van der Waals surface area contributed by atoms with Crippen LogP contribution in [0, 0.1) is 0 Å². The van der Waals surface area contributed by atoms with E-state index in [-0.39, 0.29) is 5.91 Å². The molecule has 4 heterocycles. The number of thiazole rings is 1. The van der Waals surface area contributed by atoms with Gasteiger partial charge in [0.05, 0.1) is 35.9 Å². The zero-order chi connectivity index (χ0) is 22.8. The van der Waals surface area contributed by atoms with Crippen LogP contribution in [0.1, 0.15) is 15.5 Å². The minimum Gasteiger partial charge on any atom is -0.461 e. The standard InChI is InChI=1S/C21H17Cl2N5O3S2/c22-13-3-4-14(23)16(10-13)28-19(17-2-1-7-31-17)25-26-21(28)33-12-18-24-15(11-32-18)20(29)27-5-8-30-9-6-27/h1-4,7,10-11H,5-6,8-9,12H2. The molecule has 33 heavy (non-hydrogen) atoms. The second-order valence-corrected chi connectivity index (χ2v) is 9.76. The summed E-state index contributed by atoms with van der Waals surface area (Å²) in [6.45, 7) is 2.27. The van der Waals surface area contributed by atoms with Gasteiger partial charge in [-0.1, -0.05) is 35.0 Å². The van der Waals surface area contributed by atoms with Crippen molar-refractivity contribution in [2.75, 3.05) is 26.3 Å². The fourth-order valence-corrected chi connectivity index (χ4v) is 5.43. The third-order valence-corrected chi connectivity index (χ3v) is 7.44. The van der Waals surface area contributed by atoms with E-state index in [1.807, 2.05) is 4.57 Å². The molecule has 0 radical (unpaired) electrons. The van der Waals surface area contributed by atoms with Gasteiger partial charge in [0.1, 0.15) is 10.7 Å². The molecule has 1 aromatic carbocycles. The molecule has 8 nitrogen and oxygen atoms in total. The minimum absolute atomic E-state index is 0.0696. The predicted octanol–water partition coefficient (Wildman–Crippen LogP) is 5.06. The molecule has 1 fully saturated rings. The van der Waals surface area contributed by atoms with Crippen LogP contribution in [0.25, 0.3) is 17.3 Å². The summed E-state index contributed by atoms with van der Waals surface area (Å²) >= 11 is 15.6. The van der Waals surface area contributed by atoms with E-state index in [9.17, 15) is 4.79 Å². The highest BCUT2D eigenvalue weighted by Crippen LogP contribution is 2.34. The summed E-state index contributed by atoms with van der Waals surface area (Å²) in [5.41, 5.74) is 1.10. The van der Waals surface area contributed by atoms with Crippen LogP contribution in [0.3, 0.4) is 0 Å². The number of amides is 1. The van der Waals surface area contributed by atoms with Crippen LogP contribution in [0.5, 0.6) is 0 Å². The fraction of sp³-hybridized carbons (Fsp3) is 0.238. The monoisotopic (exact) mass is 521 g/mol. The zero-order valence-electron chi connectivity index (χ0n) is 17.1. The number of aromatic nitrogens is 4. The minimum atomic E-state index is -0.0696. The summed E-state index contributed by atoms with van der Waals surface area (Å²) in [6.07, 6.45) is 1.57. The topological polar surface area (TPSA) is 86.3 Å². The molecule has 1 aliphatic heterocycles. The number of thioether (sulfide) groups is 1. The highest BCUT2D eigenvalue weighted by atomic mass is 35.5. The van der Waals surface area contributed by atoms with Crippen molar-refractivity contribution in [3.05, 3.63) is 62.7 Å². The maximum absolute atomic E-state index is 12.7. The lowest BCUT2D eigenvalue weighted by Crippen LogP contribution is -2.40. The van der Waals surface area contributed by atoms with E-state index < -0.39 is 0 Å². The maximum Gasteiger partial charge on any atom is 0.273 e. The Balaban J connectivity index is 1.40. The van der Waals surface area contributed by atoms with E-state index >= 15 is 0 Å². The Kier molecular flexibility index (Phi) is 6.70. The Morgan fingerprint density at radius 2 is 2.03 bits per heavy atom. The second kappa shape index (κ2) is 9.86. The number of carbonyl (C=O) groups excluding carboxylic acids is 1. The van der Waals surface area contributed by atoms with Crippen LogP contribution in [0.15, 0.2) is 51.5 Å². The van der Waals surface area contributed by atoms with Gasteiger partial charge >= 0.3 is 0 Å². The van der Waals surface area contributed by atoms with Gasteiger partial charge in [0, 0.05) is 23.5 Å². The Labute approximate surface area is 207 Å². The Morgan fingerprint density at radius 3 is 2.82 bits per heavy atom. The Bertz CT molecular complexity index is 1270. The van der Waals surface area contributed by atoms with Gasteiger partial charge < -0.3 is 14.1 Å². The van der Waals surface area contributed by atoms with Crippen molar-refractivity contribution in [3.8, 4) is 17.3 Å². The summed E-state index contributed by atoms with van der Waals surface area (Å²) in [4.78, 5) is 19.0. The molecule has 0 atom stereocenters. The van der Waals surface area contributed by atoms with E-state index in [1.54, 1.807) is 46.9 Å². The summed E-state index contributed by atoms with van der Waals surface area (Å²) in [5.74, 6) is 1.50. The molecular formula is C21H17Cl2N5O3S2. The highest BCUT2D eigenvalue weighted by molar-refractivity contribution is 7.98. The number of benzene rings is 1. The lowest BCUT2D eigenvalue weighted by molar-refractivity contribution is 0.0299. The van der Waals surface area contributed by atoms with Crippen molar-refractivity contribution in [3.63, 3.8) is 0 Å². The number of hydrogen-bond donors (Lipinski definition) is 0. The van der Waals surface area contributed by atoms with Crippen molar-refractivity contribution in [2.45, 2.75) is 10.9 Å². The number of furan rings is 1. The summed E-state index contributed by atoms with van der Waals surface area (Å²) in [6, 6.07) is 8.79. The van der Waals surface area contributed by atoms with E-state index in [0.717, 1.165) is 5.01 Å². The Morgan fingerprint density at radius 1 is 1.18 bits per heavy atom. The van der Waals surface area contributed by atoms with Gasteiger partial charge in [-0.3, -0.25) is 9.36 Å². The molecule has 0 saturated carbocycles. The summed E-state index contributed by atoms with van der Waals surface area (Å²) < 4.78 is 12.7. The first-order valence-corrected chi connectivity index (χ1v) is 12.6. The van der Waals surface area contributed by atoms with E-state index in [0.29, 0.717) is 70.2 Å². The first-order chi connectivity index (χ1) is 16.1. The molecule has 170 valence electrons. The predicted molar refractivity (Wildman–Crippen MR) is 127 cm³/mol. The quantitative estimate of drug-likeness (QED) is 0.328. The van der Waals surface area contributed by atoms with Gasteiger partial charge in [0.15, 0.2) is 10.9 Å². The lowest BCUT2D eigenvalue weighted by Gasteiger charge is -2.25. The molecule has 0 spiro atoms. The van der Waals surface area contributed by atoms with Crippen molar-refractivity contribution in [1.82, 2.24) is 24.6 Å². The molecule has 1 amide bonds. The molecule has 0 bridgehead atoms. The third kappa shape index (κ3) is 4.80. The molecule has 3 aromatic heterocycles. The number of ether oxygens (including phenoxy) is 1. The van der Waals surface area contributed by atoms with Crippen LogP contribution >= 0.6 is 46.3 Å². The van der Waals surface area contributed by atoms with Gasteiger partial charge in [-0.15, -0.1) is 21.5 Å². The number of rotatable bonds is 6. The van der Waals surface area contributed by atoms with E-state index in [1.165, 1.54) is 23.1 Å². The first-order valence-electron chi connectivity index (χ1n) is 9.99. The van der Waals surface area contributed by atoms with Crippen molar-refractivity contribution in [2.24, 2.45) is 0 Å². The molecular weight excluding hydrogens is 505 g/mol. The van der Waals surface area contributed by atoms with Crippen molar-refractivity contribution >= 4 is 52.2 Å². The van der Waals surface area contributed by atoms with Crippen LogP contribution in [0.2, 0.25) is 10.0 Å². The average Bonchev–Trinajstić information content (AvgIpc) is 3.60. The molecule has 1 saturated heterocycles. The number of nitrogens with zero attached hydrogens (tertiary/aromatic N) is 5. The van der Waals surface area contributed by atoms with Crippen LogP contribution in [0.4, 0.5) is 0 Å². The molecule has 0 aliphatic carbocycles. The molecule has 5 rings (SSSR count). The smallest absolute Gasteiger partial charge is 0.273 e. The lowest BCUT2D eigenvalue weighted by atomic mass is 10.3. The van der Waals surface area contributed by atoms with Crippen LogP contribution in [-0.2, 0) is 10.5 Å². The number of carbonyl (C=O) groups is 1. The first kappa shape index (κ1) is 22.4. The second-order valence-electron chi connectivity index (χ2n) is 7.03. The number of morpholine rings is 1.